The lowest BCUT2D eigenvalue weighted by atomic mass is 9.73. The first kappa shape index (κ1) is 21.4. The highest BCUT2D eigenvalue weighted by Gasteiger charge is 2.44. The summed E-state index contributed by atoms with van der Waals surface area (Å²) in [6, 6.07) is 9.85. The zero-order valence-electron chi connectivity index (χ0n) is 16.6. The van der Waals surface area contributed by atoms with Crippen LogP contribution in [0.5, 0.6) is 0 Å². The van der Waals surface area contributed by atoms with Crippen molar-refractivity contribution in [2.24, 2.45) is 5.92 Å². The molecule has 0 aliphatic heterocycles. The number of aryl methyl sites for hydroxylation is 1. The smallest absolute Gasteiger partial charge is 0.231 e. The maximum Gasteiger partial charge on any atom is 0.231 e. The summed E-state index contributed by atoms with van der Waals surface area (Å²) in [7, 11) is 0. The van der Waals surface area contributed by atoms with Crippen LogP contribution in [0.4, 0.5) is 0 Å². The van der Waals surface area contributed by atoms with E-state index in [-0.39, 0.29) is 5.92 Å². The quantitative estimate of drug-likeness (QED) is 0.727. The van der Waals surface area contributed by atoms with Crippen molar-refractivity contribution in [3.05, 3.63) is 53.7 Å². The predicted molar refractivity (Wildman–Crippen MR) is 105 cm³/mol. The minimum absolute atomic E-state index is 0.178. The lowest BCUT2D eigenvalue weighted by Gasteiger charge is -2.36. The first-order valence-corrected chi connectivity index (χ1v) is 9.98. The second-order valence-electron chi connectivity index (χ2n) is 5.95. The van der Waals surface area contributed by atoms with Gasteiger partial charge in [-0.1, -0.05) is 84.2 Å². The molecule has 0 spiro atoms. The molecule has 3 heteroatoms. The Bertz CT molecular complexity index is 573. The molecule has 1 atom stereocenters. The zero-order chi connectivity index (χ0) is 18.7. The van der Waals surface area contributed by atoms with Crippen molar-refractivity contribution in [2.45, 2.75) is 78.7 Å². The summed E-state index contributed by atoms with van der Waals surface area (Å²) in [4.78, 5) is 4.39. The molecule has 1 saturated carbocycles. The van der Waals surface area contributed by atoms with E-state index in [0.717, 1.165) is 30.6 Å². The van der Waals surface area contributed by atoms with Crippen molar-refractivity contribution in [1.29, 1.82) is 0 Å². The van der Waals surface area contributed by atoms with Gasteiger partial charge in [0.25, 0.3) is 0 Å². The van der Waals surface area contributed by atoms with Crippen molar-refractivity contribution in [2.75, 3.05) is 0 Å². The molecule has 1 aliphatic rings. The van der Waals surface area contributed by atoms with Crippen LogP contribution >= 0.6 is 0 Å². The van der Waals surface area contributed by atoms with Crippen LogP contribution in [-0.4, -0.2) is 10.1 Å². The van der Waals surface area contributed by atoms with Gasteiger partial charge in [-0.05, 0) is 18.4 Å². The molecule has 1 aliphatic carbocycles. The van der Waals surface area contributed by atoms with Crippen molar-refractivity contribution >= 4 is 0 Å². The summed E-state index contributed by atoms with van der Waals surface area (Å²) >= 11 is 0. The average molecular weight is 346 g/mol. The molecular formula is C22H35NO2. The van der Waals surface area contributed by atoms with Gasteiger partial charge in [0.05, 0.1) is 6.20 Å². The standard InChI is InChI=1S/C18H23NO2.2C2H6/c1-2-16-13-19-17(21-16)18(20,14-9-5-3-6-10-14)15-11-7-4-8-12-15;2*1-2/h3,5-6,9-10,13,15,20H,2,4,7-8,11-12H2,1H3;2*1-2H3/t18-;;/m0../s1. The van der Waals surface area contributed by atoms with E-state index in [1.165, 1.54) is 19.3 Å². The summed E-state index contributed by atoms with van der Waals surface area (Å²) in [5.74, 6) is 1.46. The highest BCUT2D eigenvalue weighted by molar-refractivity contribution is 5.30. The number of hydrogen-bond acceptors (Lipinski definition) is 3. The number of rotatable bonds is 4. The number of aliphatic hydroxyl groups is 1. The minimum atomic E-state index is -1.10. The summed E-state index contributed by atoms with van der Waals surface area (Å²) in [5.41, 5.74) is -0.212. The van der Waals surface area contributed by atoms with Crippen LogP contribution in [0.3, 0.4) is 0 Å². The Morgan fingerprint density at radius 1 is 1.04 bits per heavy atom. The third kappa shape index (κ3) is 4.94. The fraction of sp³-hybridized carbons (Fsp3) is 0.591. The highest BCUT2D eigenvalue weighted by Crippen LogP contribution is 2.43. The summed E-state index contributed by atoms with van der Waals surface area (Å²) < 4.78 is 5.84. The van der Waals surface area contributed by atoms with E-state index in [2.05, 4.69) is 4.98 Å². The van der Waals surface area contributed by atoms with Crippen LogP contribution in [0.25, 0.3) is 0 Å². The van der Waals surface area contributed by atoms with Crippen LogP contribution < -0.4 is 0 Å². The van der Waals surface area contributed by atoms with E-state index < -0.39 is 5.60 Å². The fourth-order valence-corrected chi connectivity index (χ4v) is 3.39. The van der Waals surface area contributed by atoms with Gasteiger partial charge in [0.1, 0.15) is 5.76 Å². The normalized spacial score (nSPS) is 16.7. The molecule has 0 amide bonds. The van der Waals surface area contributed by atoms with Crippen molar-refractivity contribution in [3.8, 4) is 0 Å². The zero-order valence-corrected chi connectivity index (χ0v) is 16.6. The monoisotopic (exact) mass is 345 g/mol. The lowest BCUT2D eigenvalue weighted by molar-refractivity contribution is -0.0238. The average Bonchev–Trinajstić information content (AvgIpc) is 3.21. The largest absolute Gasteiger partial charge is 0.442 e. The van der Waals surface area contributed by atoms with Gasteiger partial charge >= 0.3 is 0 Å². The molecular weight excluding hydrogens is 310 g/mol. The van der Waals surface area contributed by atoms with Gasteiger partial charge in [0.15, 0.2) is 5.60 Å². The Kier molecular flexibility index (Phi) is 9.51. The van der Waals surface area contributed by atoms with E-state index in [4.69, 9.17) is 4.42 Å². The van der Waals surface area contributed by atoms with Crippen LogP contribution in [0, 0.1) is 5.92 Å². The van der Waals surface area contributed by atoms with Gasteiger partial charge in [-0.3, -0.25) is 0 Å². The molecule has 0 saturated heterocycles. The third-order valence-corrected chi connectivity index (χ3v) is 4.64. The predicted octanol–water partition coefficient (Wildman–Crippen LogP) is 6.11. The second-order valence-corrected chi connectivity index (χ2v) is 5.95. The van der Waals surface area contributed by atoms with Crippen molar-refractivity contribution in [3.63, 3.8) is 0 Å². The Morgan fingerprint density at radius 2 is 1.64 bits per heavy atom. The van der Waals surface area contributed by atoms with Gasteiger partial charge in [-0.15, -0.1) is 0 Å². The van der Waals surface area contributed by atoms with Gasteiger partial charge in [0.2, 0.25) is 5.89 Å². The van der Waals surface area contributed by atoms with Gasteiger partial charge < -0.3 is 9.52 Å². The number of nitrogens with zero attached hydrogens (tertiary/aromatic N) is 1. The van der Waals surface area contributed by atoms with Crippen molar-refractivity contribution < 1.29 is 9.52 Å². The highest BCUT2D eigenvalue weighted by atomic mass is 16.4. The van der Waals surface area contributed by atoms with Gasteiger partial charge in [0, 0.05) is 12.3 Å². The Hall–Kier alpha value is -1.61. The van der Waals surface area contributed by atoms with Gasteiger partial charge in [-0.25, -0.2) is 4.98 Å². The molecule has 1 heterocycles. The minimum Gasteiger partial charge on any atom is -0.442 e. The van der Waals surface area contributed by atoms with E-state index >= 15 is 0 Å². The first-order valence-electron chi connectivity index (χ1n) is 9.98. The molecule has 2 aromatic rings. The molecule has 0 unspecified atom stereocenters. The summed E-state index contributed by atoms with van der Waals surface area (Å²) in [6.45, 7) is 10.0. The number of hydrogen-bond donors (Lipinski definition) is 1. The van der Waals surface area contributed by atoms with Crippen molar-refractivity contribution in [1.82, 2.24) is 4.98 Å². The second kappa shape index (κ2) is 11.1. The molecule has 1 aromatic heterocycles. The fourth-order valence-electron chi connectivity index (χ4n) is 3.39. The molecule has 25 heavy (non-hydrogen) atoms. The molecule has 0 bridgehead atoms. The van der Waals surface area contributed by atoms with E-state index in [9.17, 15) is 5.11 Å². The Balaban J connectivity index is 0.000000730. The molecule has 1 fully saturated rings. The maximum absolute atomic E-state index is 11.5. The maximum atomic E-state index is 11.5. The lowest BCUT2D eigenvalue weighted by Crippen LogP contribution is -2.38. The summed E-state index contributed by atoms with van der Waals surface area (Å²) in [6.07, 6.45) is 8.18. The van der Waals surface area contributed by atoms with Crippen LogP contribution in [-0.2, 0) is 12.0 Å². The molecule has 1 aromatic carbocycles. The molecule has 1 N–H and O–H groups in total. The van der Waals surface area contributed by atoms with Crippen LogP contribution in [0.1, 0.15) is 83.9 Å². The SMILES string of the molecule is CC.CC.CCc1cnc([C@](O)(c2ccccc2)C2CCCCC2)o1. The van der Waals surface area contributed by atoms with E-state index in [1.807, 2.05) is 65.0 Å². The number of aromatic nitrogens is 1. The van der Waals surface area contributed by atoms with E-state index in [0.29, 0.717) is 5.89 Å². The Labute approximate surface area is 153 Å². The molecule has 3 nitrogen and oxygen atoms in total. The third-order valence-electron chi connectivity index (χ3n) is 4.64. The number of benzene rings is 1. The molecule has 0 radical (unpaired) electrons. The summed E-state index contributed by atoms with van der Waals surface area (Å²) in [5, 5.41) is 11.5. The number of oxazole rings is 1. The van der Waals surface area contributed by atoms with Crippen LogP contribution in [0.2, 0.25) is 0 Å². The van der Waals surface area contributed by atoms with E-state index in [1.54, 1.807) is 6.20 Å². The molecule has 140 valence electrons. The topological polar surface area (TPSA) is 46.3 Å². The van der Waals surface area contributed by atoms with Gasteiger partial charge in [-0.2, -0.15) is 0 Å². The Morgan fingerprint density at radius 3 is 2.16 bits per heavy atom. The van der Waals surface area contributed by atoms with Crippen LogP contribution in [0.15, 0.2) is 40.9 Å². The first-order chi connectivity index (χ1) is 12.2. The molecule has 3 rings (SSSR count).